The van der Waals surface area contributed by atoms with E-state index in [1.54, 1.807) is 22.5 Å². The molecular weight excluding hydrogens is 458 g/mol. The number of rotatable bonds is 6. The van der Waals surface area contributed by atoms with Gasteiger partial charge in [-0.25, -0.2) is 9.97 Å². The molecule has 35 heavy (non-hydrogen) atoms. The highest BCUT2D eigenvalue weighted by atomic mass is 32.2. The number of thioether (sulfide) groups is 1. The van der Waals surface area contributed by atoms with Crippen molar-refractivity contribution in [1.82, 2.24) is 14.5 Å². The zero-order chi connectivity index (χ0) is 24.2. The number of nitrogens with zero attached hydrogens (tertiary/aromatic N) is 4. The first-order valence-corrected chi connectivity index (χ1v) is 12.9. The lowest BCUT2D eigenvalue weighted by Crippen LogP contribution is -2.42. The molecule has 0 saturated carbocycles. The number of fused-ring (bicyclic) bond motifs is 1. The van der Waals surface area contributed by atoms with E-state index in [2.05, 4.69) is 15.3 Å². The van der Waals surface area contributed by atoms with Gasteiger partial charge in [0.25, 0.3) is 5.56 Å². The Morgan fingerprint density at radius 1 is 1.06 bits per heavy atom. The minimum atomic E-state index is -0.156. The maximum Gasteiger partial charge on any atom is 0.295 e. The van der Waals surface area contributed by atoms with E-state index in [-0.39, 0.29) is 17.4 Å². The van der Waals surface area contributed by atoms with Crippen LogP contribution in [0, 0.1) is 5.92 Å². The summed E-state index contributed by atoms with van der Waals surface area (Å²) in [7, 11) is 0. The number of aromatic nitrogens is 3. The van der Waals surface area contributed by atoms with Crippen LogP contribution in [0.2, 0.25) is 0 Å². The molecule has 7 nitrogen and oxygen atoms in total. The Morgan fingerprint density at radius 2 is 1.86 bits per heavy atom. The van der Waals surface area contributed by atoms with Crippen molar-refractivity contribution in [2.75, 3.05) is 29.6 Å². The third-order valence-corrected chi connectivity index (χ3v) is 7.10. The molecular formula is C27H27N5O2S. The van der Waals surface area contributed by atoms with Crippen molar-refractivity contribution in [3.05, 3.63) is 88.8 Å². The Kier molecular flexibility index (Phi) is 6.81. The number of carbonyl (C=O) groups excluding carboxylic acids is 1. The number of hydrogen-bond donors (Lipinski definition) is 1. The second kappa shape index (κ2) is 10.3. The molecule has 1 N–H and O–H groups in total. The highest BCUT2D eigenvalue weighted by Crippen LogP contribution is 2.24. The molecule has 2 aromatic carbocycles. The molecule has 2 aromatic heterocycles. The Morgan fingerprint density at radius 3 is 2.63 bits per heavy atom. The predicted molar refractivity (Wildman–Crippen MR) is 141 cm³/mol. The number of carbonyl (C=O) groups is 1. The summed E-state index contributed by atoms with van der Waals surface area (Å²) in [5.41, 5.74) is 2.95. The number of nitrogens with one attached hydrogen (secondary N) is 1. The van der Waals surface area contributed by atoms with Crippen molar-refractivity contribution in [2.24, 2.45) is 5.92 Å². The second-order valence-electron chi connectivity index (χ2n) is 8.64. The largest absolute Gasteiger partial charge is 0.352 e. The molecule has 8 heteroatoms. The van der Waals surface area contributed by atoms with Gasteiger partial charge in [-0.05, 0) is 55.0 Å². The molecule has 4 aromatic rings. The monoisotopic (exact) mass is 485 g/mol. The predicted octanol–water partition coefficient (Wildman–Crippen LogP) is 4.42. The molecule has 178 valence electrons. The number of anilines is 2. The number of benzene rings is 2. The van der Waals surface area contributed by atoms with E-state index in [4.69, 9.17) is 0 Å². The van der Waals surface area contributed by atoms with Gasteiger partial charge in [0.05, 0.1) is 6.54 Å². The number of pyridine rings is 1. The molecule has 1 amide bonds. The second-order valence-corrected chi connectivity index (χ2v) is 9.52. The van der Waals surface area contributed by atoms with Gasteiger partial charge in [-0.2, -0.15) is 0 Å². The molecule has 1 fully saturated rings. The molecule has 0 radical (unpaired) electrons. The fourth-order valence-corrected chi connectivity index (χ4v) is 4.94. The van der Waals surface area contributed by atoms with Crippen molar-refractivity contribution in [3.8, 4) is 0 Å². The zero-order valence-electron chi connectivity index (χ0n) is 19.6. The maximum absolute atomic E-state index is 13.5. The summed E-state index contributed by atoms with van der Waals surface area (Å²) in [4.78, 5) is 38.7. The maximum atomic E-state index is 13.5. The summed E-state index contributed by atoms with van der Waals surface area (Å²) in [6, 6.07) is 21.5. The van der Waals surface area contributed by atoms with E-state index in [0.29, 0.717) is 49.5 Å². The lowest BCUT2D eigenvalue weighted by Gasteiger charge is -2.32. The fourth-order valence-electron chi connectivity index (χ4n) is 4.48. The average Bonchev–Trinajstić information content (AvgIpc) is 2.91. The SMILES string of the molecule is CSc1cccc(NC(=O)C2CCN(c3nc4cccnc4n(Cc4ccccc4)c3=O)CC2)c1. The highest BCUT2D eigenvalue weighted by molar-refractivity contribution is 7.98. The van der Waals surface area contributed by atoms with Gasteiger partial charge in [0, 0.05) is 35.8 Å². The van der Waals surface area contributed by atoms with E-state index in [1.165, 1.54) is 0 Å². The first kappa shape index (κ1) is 23.1. The molecule has 0 spiro atoms. The van der Waals surface area contributed by atoms with Gasteiger partial charge in [0.15, 0.2) is 11.5 Å². The van der Waals surface area contributed by atoms with Gasteiger partial charge in [-0.3, -0.25) is 14.2 Å². The van der Waals surface area contributed by atoms with Gasteiger partial charge in [0.1, 0.15) is 5.52 Å². The van der Waals surface area contributed by atoms with Crippen LogP contribution >= 0.6 is 11.8 Å². The van der Waals surface area contributed by atoms with E-state index >= 15 is 0 Å². The molecule has 1 aliphatic heterocycles. The van der Waals surface area contributed by atoms with Crippen LogP contribution in [-0.2, 0) is 11.3 Å². The summed E-state index contributed by atoms with van der Waals surface area (Å²) in [6.45, 7) is 1.63. The van der Waals surface area contributed by atoms with Crippen LogP contribution in [0.1, 0.15) is 18.4 Å². The molecule has 0 unspecified atom stereocenters. The summed E-state index contributed by atoms with van der Waals surface area (Å²) in [6.07, 6.45) is 5.03. The smallest absolute Gasteiger partial charge is 0.295 e. The molecule has 1 saturated heterocycles. The first-order chi connectivity index (χ1) is 17.1. The third kappa shape index (κ3) is 5.07. The lowest BCUT2D eigenvalue weighted by molar-refractivity contribution is -0.120. The van der Waals surface area contributed by atoms with Gasteiger partial charge < -0.3 is 10.2 Å². The van der Waals surface area contributed by atoms with Crippen LogP contribution in [0.5, 0.6) is 0 Å². The molecule has 5 rings (SSSR count). The van der Waals surface area contributed by atoms with Gasteiger partial charge >= 0.3 is 0 Å². The van der Waals surface area contributed by atoms with Crippen LogP contribution in [0.4, 0.5) is 11.5 Å². The third-order valence-electron chi connectivity index (χ3n) is 6.37. The normalized spacial score (nSPS) is 14.3. The summed E-state index contributed by atoms with van der Waals surface area (Å²) < 4.78 is 1.70. The minimum absolute atomic E-state index is 0.0278. The highest BCUT2D eigenvalue weighted by Gasteiger charge is 2.28. The van der Waals surface area contributed by atoms with Crippen molar-refractivity contribution in [1.29, 1.82) is 0 Å². The van der Waals surface area contributed by atoms with Crippen LogP contribution in [0.25, 0.3) is 11.2 Å². The van der Waals surface area contributed by atoms with E-state index in [9.17, 15) is 9.59 Å². The standard InChI is InChI=1S/C27H27N5O2S/c1-35-22-10-5-9-21(17-22)29-26(33)20-12-15-31(16-13-20)25-27(34)32(18-19-7-3-2-4-8-19)24-23(30-25)11-6-14-28-24/h2-11,14,17,20H,12-13,15-16,18H2,1H3,(H,29,33). The van der Waals surface area contributed by atoms with Crippen LogP contribution in [0.3, 0.4) is 0 Å². The average molecular weight is 486 g/mol. The van der Waals surface area contributed by atoms with Crippen LogP contribution < -0.4 is 15.8 Å². The van der Waals surface area contributed by atoms with E-state index < -0.39 is 0 Å². The first-order valence-electron chi connectivity index (χ1n) is 11.7. The molecule has 1 aliphatic rings. The molecule has 0 aliphatic carbocycles. The Labute approximate surface area is 208 Å². The summed E-state index contributed by atoms with van der Waals surface area (Å²) in [5.74, 6) is 0.353. The van der Waals surface area contributed by atoms with Gasteiger partial charge in [0.2, 0.25) is 5.91 Å². The van der Waals surface area contributed by atoms with Crippen LogP contribution in [0.15, 0.2) is 82.6 Å². The van der Waals surface area contributed by atoms with Crippen molar-refractivity contribution in [2.45, 2.75) is 24.3 Å². The summed E-state index contributed by atoms with van der Waals surface area (Å²) in [5, 5.41) is 3.05. The Bertz CT molecular complexity index is 1400. The number of hydrogen-bond acceptors (Lipinski definition) is 6. The summed E-state index contributed by atoms with van der Waals surface area (Å²) >= 11 is 1.65. The van der Waals surface area contributed by atoms with Crippen molar-refractivity contribution < 1.29 is 4.79 Å². The van der Waals surface area contributed by atoms with E-state index in [0.717, 1.165) is 16.1 Å². The Balaban J connectivity index is 1.34. The number of piperidine rings is 1. The molecule has 0 atom stereocenters. The Hall–Kier alpha value is -3.65. The minimum Gasteiger partial charge on any atom is -0.352 e. The molecule has 0 bridgehead atoms. The fraction of sp³-hybridized carbons (Fsp3) is 0.259. The lowest BCUT2D eigenvalue weighted by atomic mass is 9.96. The van der Waals surface area contributed by atoms with Gasteiger partial charge in [-0.1, -0.05) is 36.4 Å². The number of amides is 1. The molecule has 3 heterocycles. The zero-order valence-corrected chi connectivity index (χ0v) is 20.4. The van der Waals surface area contributed by atoms with Crippen molar-refractivity contribution in [3.63, 3.8) is 0 Å². The van der Waals surface area contributed by atoms with Crippen molar-refractivity contribution >= 4 is 40.3 Å². The van der Waals surface area contributed by atoms with E-state index in [1.807, 2.05) is 77.9 Å². The van der Waals surface area contributed by atoms with Gasteiger partial charge in [-0.15, -0.1) is 11.8 Å². The quantitative estimate of drug-likeness (QED) is 0.408. The van der Waals surface area contributed by atoms with Crippen LogP contribution in [-0.4, -0.2) is 39.8 Å². The topological polar surface area (TPSA) is 80.1 Å².